The van der Waals surface area contributed by atoms with Crippen LogP contribution in [0.3, 0.4) is 0 Å². The molecule has 1 aliphatic carbocycles. The van der Waals surface area contributed by atoms with Gasteiger partial charge in [0.1, 0.15) is 0 Å². The average molecular weight is 257 g/mol. The molecule has 0 aromatic rings. The van der Waals surface area contributed by atoms with Crippen LogP contribution in [-0.2, 0) is 9.47 Å². The van der Waals surface area contributed by atoms with E-state index < -0.39 is 0 Å². The lowest BCUT2D eigenvalue weighted by atomic mass is 10.1. The Morgan fingerprint density at radius 1 is 0.944 bits per heavy atom. The summed E-state index contributed by atoms with van der Waals surface area (Å²) in [4.78, 5) is 0. The van der Waals surface area contributed by atoms with Crippen LogP contribution in [0.5, 0.6) is 0 Å². The van der Waals surface area contributed by atoms with E-state index in [-0.39, 0.29) is 0 Å². The van der Waals surface area contributed by atoms with E-state index in [1.807, 2.05) is 6.92 Å². The van der Waals surface area contributed by atoms with Gasteiger partial charge in [-0.2, -0.15) is 0 Å². The largest absolute Gasteiger partial charge is 0.382 e. The highest BCUT2D eigenvalue weighted by Gasteiger charge is 2.11. The van der Waals surface area contributed by atoms with Crippen LogP contribution in [0.15, 0.2) is 0 Å². The molecule has 18 heavy (non-hydrogen) atoms. The van der Waals surface area contributed by atoms with E-state index in [4.69, 9.17) is 9.47 Å². The second kappa shape index (κ2) is 11.9. The highest BCUT2D eigenvalue weighted by Crippen LogP contribution is 2.19. The molecule has 0 unspecified atom stereocenters. The Morgan fingerprint density at radius 3 is 2.44 bits per heavy atom. The molecule has 1 rings (SSSR count). The Morgan fingerprint density at radius 2 is 1.72 bits per heavy atom. The Kier molecular flexibility index (Phi) is 10.6. The van der Waals surface area contributed by atoms with Gasteiger partial charge in [0.2, 0.25) is 0 Å². The van der Waals surface area contributed by atoms with E-state index in [1.165, 1.54) is 44.9 Å². The molecule has 1 saturated carbocycles. The minimum Gasteiger partial charge on any atom is -0.382 e. The third-order valence-corrected chi connectivity index (χ3v) is 3.53. The van der Waals surface area contributed by atoms with Crippen molar-refractivity contribution in [3.8, 4) is 0 Å². The Bertz CT molecular complexity index is 168. The van der Waals surface area contributed by atoms with Gasteiger partial charge >= 0.3 is 0 Å². The summed E-state index contributed by atoms with van der Waals surface area (Å²) in [5.74, 6) is 0. The summed E-state index contributed by atoms with van der Waals surface area (Å²) in [7, 11) is 0. The smallest absolute Gasteiger partial charge is 0.0594 e. The lowest BCUT2D eigenvalue weighted by Gasteiger charge is -2.15. The number of unbranched alkanes of at least 4 members (excludes halogenated alkanes) is 1. The zero-order valence-corrected chi connectivity index (χ0v) is 12.1. The van der Waals surface area contributed by atoms with Crippen molar-refractivity contribution >= 4 is 0 Å². The summed E-state index contributed by atoms with van der Waals surface area (Å²) in [6, 6.07) is 0. The van der Waals surface area contributed by atoms with Crippen LogP contribution >= 0.6 is 0 Å². The zero-order chi connectivity index (χ0) is 12.9. The van der Waals surface area contributed by atoms with E-state index in [9.17, 15) is 0 Å². The van der Waals surface area contributed by atoms with Crippen LogP contribution in [0.4, 0.5) is 0 Å². The molecule has 0 heterocycles. The van der Waals surface area contributed by atoms with E-state index in [0.29, 0.717) is 6.10 Å². The molecule has 3 nitrogen and oxygen atoms in total. The number of hydrogen-bond donors (Lipinski definition) is 1. The van der Waals surface area contributed by atoms with Crippen molar-refractivity contribution in [2.75, 3.05) is 32.9 Å². The first-order chi connectivity index (χ1) is 8.93. The highest BCUT2D eigenvalue weighted by atomic mass is 16.5. The maximum absolute atomic E-state index is 5.92. The van der Waals surface area contributed by atoms with Gasteiger partial charge in [-0.1, -0.05) is 25.7 Å². The van der Waals surface area contributed by atoms with Gasteiger partial charge < -0.3 is 14.8 Å². The predicted molar refractivity (Wildman–Crippen MR) is 76.0 cm³/mol. The molecule has 0 radical (unpaired) electrons. The summed E-state index contributed by atoms with van der Waals surface area (Å²) in [5.41, 5.74) is 0. The summed E-state index contributed by atoms with van der Waals surface area (Å²) >= 11 is 0. The van der Waals surface area contributed by atoms with Gasteiger partial charge in [0.05, 0.1) is 12.7 Å². The van der Waals surface area contributed by atoms with Gasteiger partial charge in [0.15, 0.2) is 0 Å². The van der Waals surface area contributed by atoms with Gasteiger partial charge in [0.25, 0.3) is 0 Å². The lowest BCUT2D eigenvalue weighted by Crippen LogP contribution is -2.24. The Labute approximate surface area is 113 Å². The Hall–Kier alpha value is -0.120. The molecule has 1 N–H and O–H groups in total. The van der Waals surface area contributed by atoms with Crippen LogP contribution in [0.25, 0.3) is 0 Å². The van der Waals surface area contributed by atoms with Crippen molar-refractivity contribution < 1.29 is 9.47 Å². The van der Waals surface area contributed by atoms with Crippen molar-refractivity contribution in [1.29, 1.82) is 0 Å². The van der Waals surface area contributed by atoms with Crippen LogP contribution in [0.2, 0.25) is 0 Å². The monoisotopic (exact) mass is 257 g/mol. The van der Waals surface area contributed by atoms with E-state index >= 15 is 0 Å². The first-order valence-electron chi connectivity index (χ1n) is 7.83. The summed E-state index contributed by atoms with van der Waals surface area (Å²) in [5, 5.41) is 3.44. The standard InChI is InChI=1S/C15H31NO2/c1-2-17-13-8-7-11-16-12-14-18-15-9-5-3-4-6-10-15/h15-16H,2-14H2,1H3. The second-order valence-electron chi connectivity index (χ2n) is 5.14. The van der Waals surface area contributed by atoms with Crippen molar-refractivity contribution in [2.45, 2.75) is 64.4 Å². The van der Waals surface area contributed by atoms with Gasteiger partial charge in [-0.15, -0.1) is 0 Å². The van der Waals surface area contributed by atoms with Crippen LogP contribution in [0, 0.1) is 0 Å². The normalized spacial score (nSPS) is 17.8. The lowest BCUT2D eigenvalue weighted by molar-refractivity contribution is 0.0451. The SMILES string of the molecule is CCOCCCCNCCOC1CCCCCC1. The fourth-order valence-corrected chi connectivity index (χ4v) is 2.43. The summed E-state index contributed by atoms with van der Waals surface area (Å²) in [6.07, 6.45) is 10.9. The molecule has 0 amide bonds. The fraction of sp³-hybridized carbons (Fsp3) is 1.00. The van der Waals surface area contributed by atoms with Crippen molar-refractivity contribution in [2.24, 2.45) is 0 Å². The number of hydrogen-bond acceptors (Lipinski definition) is 3. The molecule has 0 aromatic carbocycles. The molecule has 3 heteroatoms. The van der Waals surface area contributed by atoms with Gasteiger partial charge in [0, 0.05) is 19.8 Å². The number of ether oxygens (including phenoxy) is 2. The quantitative estimate of drug-likeness (QED) is 0.482. The van der Waals surface area contributed by atoms with E-state index in [0.717, 1.165) is 39.3 Å². The molecule has 1 fully saturated rings. The van der Waals surface area contributed by atoms with Crippen molar-refractivity contribution in [3.63, 3.8) is 0 Å². The van der Waals surface area contributed by atoms with Crippen LogP contribution < -0.4 is 5.32 Å². The number of nitrogens with one attached hydrogen (secondary N) is 1. The van der Waals surface area contributed by atoms with Crippen molar-refractivity contribution in [3.05, 3.63) is 0 Å². The number of rotatable bonds is 10. The fourth-order valence-electron chi connectivity index (χ4n) is 2.43. The molecule has 108 valence electrons. The average Bonchev–Trinajstić information content (AvgIpc) is 2.65. The minimum absolute atomic E-state index is 0.534. The van der Waals surface area contributed by atoms with E-state index in [1.54, 1.807) is 0 Å². The molecular formula is C15H31NO2. The summed E-state index contributed by atoms with van der Waals surface area (Å²) < 4.78 is 11.2. The predicted octanol–water partition coefficient (Wildman–Crippen LogP) is 3.13. The zero-order valence-electron chi connectivity index (χ0n) is 12.1. The second-order valence-corrected chi connectivity index (χ2v) is 5.14. The topological polar surface area (TPSA) is 30.5 Å². The first-order valence-corrected chi connectivity index (χ1v) is 7.83. The van der Waals surface area contributed by atoms with Gasteiger partial charge in [-0.3, -0.25) is 0 Å². The van der Waals surface area contributed by atoms with Crippen LogP contribution in [-0.4, -0.2) is 39.0 Å². The van der Waals surface area contributed by atoms with E-state index in [2.05, 4.69) is 5.32 Å². The van der Waals surface area contributed by atoms with Gasteiger partial charge in [-0.25, -0.2) is 0 Å². The molecule has 0 bridgehead atoms. The molecule has 0 spiro atoms. The molecule has 0 atom stereocenters. The van der Waals surface area contributed by atoms with Crippen LogP contribution in [0.1, 0.15) is 58.3 Å². The van der Waals surface area contributed by atoms with Gasteiger partial charge in [-0.05, 0) is 39.2 Å². The molecule has 0 aromatic heterocycles. The summed E-state index contributed by atoms with van der Waals surface area (Å²) in [6.45, 7) is 6.73. The third kappa shape index (κ3) is 8.90. The molecule has 0 aliphatic heterocycles. The maximum Gasteiger partial charge on any atom is 0.0594 e. The Balaban J connectivity index is 1.80. The minimum atomic E-state index is 0.534. The first kappa shape index (κ1) is 15.9. The molecule has 1 aliphatic rings. The molecular weight excluding hydrogens is 226 g/mol. The molecule has 0 saturated heterocycles. The third-order valence-electron chi connectivity index (χ3n) is 3.53. The van der Waals surface area contributed by atoms with Crippen molar-refractivity contribution in [1.82, 2.24) is 5.32 Å². The maximum atomic E-state index is 5.92. The highest BCUT2D eigenvalue weighted by molar-refractivity contribution is 4.64.